The van der Waals surface area contributed by atoms with E-state index in [1.807, 2.05) is 25.4 Å². The fourth-order valence-corrected chi connectivity index (χ4v) is 6.07. The Hall–Kier alpha value is -2.91. The normalized spacial score (nSPS) is 22.8. The molecule has 0 spiro atoms. The molecule has 2 atom stereocenters. The van der Waals surface area contributed by atoms with Crippen LogP contribution in [0.3, 0.4) is 0 Å². The van der Waals surface area contributed by atoms with Crippen LogP contribution in [0.4, 0.5) is 0 Å². The van der Waals surface area contributed by atoms with Crippen molar-refractivity contribution >= 4 is 38.5 Å². The van der Waals surface area contributed by atoms with Crippen molar-refractivity contribution in [1.82, 2.24) is 29.6 Å². The fraction of sp³-hybridized carbons (Fsp3) is 0.435. The lowest BCUT2D eigenvalue weighted by Crippen LogP contribution is -2.48. The van der Waals surface area contributed by atoms with E-state index in [1.165, 1.54) is 11.3 Å². The molecular weight excluding hydrogens is 424 g/mol. The van der Waals surface area contributed by atoms with Crippen LogP contribution in [-0.2, 0) is 11.8 Å². The molecule has 2 bridgehead atoms. The highest BCUT2D eigenvalue weighted by atomic mass is 32.1. The largest absolute Gasteiger partial charge is 0.377 e. The van der Waals surface area contributed by atoms with E-state index in [4.69, 9.17) is 14.7 Å². The Balaban J connectivity index is 1.32. The van der Waals surface area contributed by atoms with E-state index in [-0.39, 0.29) is 18.0 Å². The first-order valence-electron chi connectivity index (χ1n) is 11.2. The van der Waals surface area contributed by atoms with Crippen LogP contribution in [0.15, 0.2) is 24.5 Å². The standard InChI is InChI=1S/C23H22N6O2S/c1-28-9-14-6-13(8-24-20(14)27-28)21-25-19(12-2-3-12)17-7-18(32-22(17)26-21)23(30)29-15-4-5-16(29)11-31-10-15/h6-9,12,15-16H,2-5,10-11H2,1H3. The van der Waals surface area contributed by atoms with Crippen LogP contribution in [-0.4, -0.2) is 60.8 Å². The van der Waals surface area contributed by atoms with E-state index in [0.29, 0.717) is 30.6 Å². The minimum atomic E-state index is 0.116. The number of aromatic nitrogens is 5. The number of pyridine rings is 1. The van der Waals surface area contributed by atoms with Crippen LogP contribution in [0.2, 0.25) is 0 Å². The molecule has 3 aliphatic rings. The third kappa shape index (κ3) is 2.87. The molecule has 0 N–H and O–H groups in total. The SMILES string of the molecule is Cn1cc2cc(-c3nc(C4CC4)c4cc(C(=O)N5C6CCC5COC6)sc4n3)cnc2n1. The van der Waals surface area contributed by atoms with Gasteiger partial charge in [0.05, 0.1) is 35.9 Å². The molecule has 4 aromatic heterocycles. The second-order valence-corrected chi connectivity index (χ2v) is 10.1. The number of carbonyl (C=O) groups excluding carboxylic acids is 1. The number of aryl methyl sites for hydroxylation is 1. The topological polar surface area (TPSA) is 86.0 Å². The van der Waals surface area contributed by atoms with Gasteiger partial charge in [0.2, 0.25) is 0 Å². The second kappa shape index (κ2) is 6.79. The summed E-state index contributed by atoms with van der Waals surface area (Å²) in [5.41, 5.74) is 2.65. The van der Waals surface area contributed by atoms with Crippen molar-refractivity contribution in [2.24, 2.45) is 7.05 Å². The van der Waals surface area contributed by atoms with E-state index in [1.54, 1.807) is 10.9 Å². The summed E-state index contributed by atoms with van der Waals surface area (Å²) in [6, 6.07) is 4.47. The van der Waals surface area contributed by atoms with Crippen molar-refractivity contribution in [2.45, 2.75) is 43.7 Å². The summed E-state index contributed by atoms with van der Waals surface area (Å²) >= 11 is 1.49. The minimum absolute atomic E-state index is 0.116. The molecule has 162 valence electrons. The molecule has 9 heteroatoms. The van der Waals surface area contributed by atoms with Crippen molar-refractivity contribution < 1.29 is 9.53 Å². The van der Waals surface area contributed by atoms with Crippen LogP contribution in [0.25, 0.3) is 32.6 Å². The average molecular weight is 447 g/mol. The van der Waals surface area contributed by atoms with Crippen LogP contribution >= 0.6 is 11.3 Å². The summed E-state index contributed by atoms with van der Waals surface area (Å²) in [4.78, 5) is 31.5. The van der Waals surface area contributed by atoms with E-state index in [9.17, 15) is 4.79 Å². The Bertz CT molecular complexity index is 1370. The number of carbonyl (C=O) groups is 1. The number of nitrogens with zero attached hydrogens (tertiary/aromatic N) is 6. The lowest BCUT2D eigenvalue weighted by atomic mass is 10.1. The summed E-state index contributed by atoms with van der Waals surface area (Å²) in [6.45, 7) is 1.29. The Morgan fingerprint density at radius 2 is 1.94 bits per heavy atom. The second-order valence-electron chi connectivity index (χ2n) is 9.11. The molecule has 6 heterocycles. The zero-order valence-corrected chi connectivity index (χ0v) is 18.5. The molecule has 2 aliphatic heterocycles. The predicted molar refractivity (Wildman–Crippen MR) is 121 cm³/mol. The number of rotatable bonds is 3. The molecule has 1 saturated carbocycles. The molecule has 0 radical (unpaired) electrons. The molecule has 4 aromatic rings. The van der Waals surface area contributed by atoms with Crippen molar-refractivity contribution in [2.75, 3.05) is 13.2 Å². The maximum absolute atomic E-state index is 13.4. The van der Waals surface area contributed by atoms with Gasteiger partial charge in [0, 0.05) is 41.7 Å². The predicted octanol–water partition coefficient (Wildman–Crippen LogP) is 3.52. The molecular formula is C23H22N6O2S. The van der Waals surface area contributed by atoms with E-state index < -0.39 is 0 Å². The van der Waals surface area contributed by atoms with Crippen LogP contribution in [0, 0.1) is 0 Å². The summed E-state index contributed by atoms with van der Waals surface area (Å²) in [5, 5.41) is 6.35. The van der Waals surface area contributed by atoms with Gasteiger partial charge in [0.25, 0.3) is 5.91 Å². The molecule has 0 aromatic carbocycles. The van der Waals surface area contributed by atoms with Gasteiger partial charge < -0.3 is 9.64 Å². The third-order valence-electron chi connectivity index (χ3n) is 6.80. The maximum atomic E-state index is 13.4. The molecule has 3 fully saturated rings. The highest BCUT2D eigenvalue weighted by molar-refractivity contribution is 7.20. The van der Waals surface area contributed by atoms with Gasteiger partial charge in [0.15, 0.2) is 11.5 Å². The van der Waals surface area contributed by atoms with Gasteiger partial charge in [-0.2, -0.15) is 5.10 Å². The summed E-state index contributed by atoms with van der Waals surface area (Å²) in [7, 11) is 1.89. The van der Waals surface area contributed by atoms with Crippen molar-refractivity contribution in [3.8, 4) is 11.4 Å². The Morgan fingerprint density at radius 3 is 2.72 bits per heavy atom. The van der Waals surface area contributed by atoms with E-state index in [2.05, 4.69) is 15.0 Å². The van der Waals surface area contributed by atoms with Gasteiger partial charge in [-0.1, -0.05) is 0 Å². The molecule has 1 aliphatic carbocycles. The first-order chi connectivity index (χ1) is 15.6. The van der Waals surface area contributed by atoms with Gasteiger partial charge >= 0.3 is 0 Å². The smallest absolute Gasteiger partial charge is 0.264 e. The number of fused-ring (bicyclic) bond motifs is 4. The Labute approximate surface area is 188 Å². The van der Waals surface area contributed by atoms with E-state index >= 15 is 0 Å². The summed E-state index contributed by atoms with van der Waals surface area (Å²) < 4.78 is 7.42. The minimum Gasteiger partial charge on any atom is -0.377 e. The number of ether oxygens (including phenoxy) is 1. The van der Waals surface area contributed by atoms with Gasteiger partial charge in [-0.3, -0.25) is 9.48 Å². The number of thiophene rings is 1. The number of hydrogen-bond acceptors (Lipinski definition) is 7. The van der Waals surface area contributed by atoms with Crippen LogP contribution < -0.4 is 0 Å². The average Bonchev–Trinajstić information content (AvgIpc) is 3.36. The zero-order valence-electron chi connectivity index (χ0n) is 17.7. The molecule has 1 amide bonds. The van der Waals surface area contributed by atoms with E-state index in [0.717, 1.165) is 57.4 Å². The summed E-state index contributed by atoms with van der Waals surface area (Å²) in [6.07, 6.45) is 8.07. The van der Waals surface area contributed by atoms with Crippen molar-refractivity contribution in [3.05, 3.63) is 35.1 Å². The molecule has 2 unspecified atom stereocenters. The first-order valence-corrected chi connectivity index (χ1v) is 12.0. The highest BCUT2D eigenvalue weighted by Gasteiger charge is 2.41. The van der Waals surface area contributed by atoms with Crippen LogP contribution in [0.5, 0.6) is 0 Å². The third-order valence-corrected chi connectivity index (χ3v) is 7.82. The molecule has 32 heavy (non-hydrogen) atoms. The lowest BCUT2D eigenvalue weighted by Gasteiger charge is -2.34. The van der Waals surface area contributed by atoms with Gasteiger partial charge in [0.1, 0.15) is 4.83 Å². The lowest BCUT2D eigenvalue weighted by molar-refractivity contribution is -0.00689. The Morgan fingerprint density at radius 1 is 1.12 bits per heavy atom. The number of morpholine rings is 1. The fourth-order valence-electron chi connectivity index (χ4n) is 5.09. The van der Waals surface area contributed by atoms with Crippen molar-refractivity contribution in [3.63, 3.8) is 0 Å². The number of hydrogen-bond donors (Lipinski definition) is 0. The Kier molecular flexibility index (Phi) is 3.96. The molecule has 8 nitrogen and oxygen atoms in total. The molecule has 7 rings (SSSR count). The van der Waals surface area contributed by atoms with Gasteiger partial charge in [-0.05, 0) is 37.8 Å². The molecule has 2 saturated heterocycles. The van der Waals surface area contributed by atoms with Gasteiger partial charge in [-0.25, -0.2) is 15.0 Å². The summed E-state index contributed by atoms with van der Waals surface area (Å²) in [5.74, 6) is 1.24. The van der Waals surface area contributed by atoms with Crippen molar-refractivity contribution in [1.29, 1.82) is 0 Å². The maximum Gasteiger partial charge on any atom is 0.264 e. The first kappa shape index (κ1) is 18.6. The monoisotopic (exact) mass is 446 g/mol. The van der Waals surface area contributed by atoms with Gasteiger partial charge in [-0.15, -0.1) is 11.3 Å². The quantitative estimate of drug-likeness (QED) is 0.479. The van der Waals surface area contributed by atoms with Crippen LogP contribution in [0.1, 0.15) is 47.0 Å². The number of amides is 1. The highest BCUT2D eigenvalue weighted by Crippen LogP contribution is 2.44. The zero-order chi connectivity index (χ0) is 21.4.